The summed E-state index contributed by atoms with van der Waals surface area (Å²) in [6, 6.07) is 9.88. The van der Waals surface area contributed by atoms with E-state index in [-0.39, 0.29) is 0 Å². The molecule has 0 aliphatic rings. The van der Waals surface area contributed by atoms with Crippen LogP contribution in [-0.2, 0) is 0 Å². The summed E-state index contributed by atoms with van der Waals surface area (Å²) in [7, 11) is 0. The Balaban J connectivity index is 1.89. The predicted molar refractivity (Wildman–Crippen MR) is 85.2 cm³/mol. The number of tetrazole rings is 1. The predicted octanol–water partition coefficient (Wildman–Crippen LogP) is 2.91. The summed E-state index contributed by atoms with van der Waals surface area (Å²) in [6.07, 6.45) is 1.83. The first kappa shape index (κ1) is 16.1. The van der Waals surface area contributed by atoms with Crippen molar-refractivity contribution in [2.45, 2.75) is 5.16 Å². The summed E-state index contributed by atoms with van der Waals surface area (Å²) in [5.41, 5.74) is 0.342. The zero-order chi connectivity index (χ0) is 17.1. The van der Waals surface area contributed by atoms with Gasteiger partial charge in [0.25, 0.3) is 5.91 Å². The molecule has 0 bridgehead atoms. The molecule has 0 fully saturated rings. The van der Waals surface area contributed by atoms with E-state index in [1.807, 2.05) is 6.26 Å². The Morgan fingerprint density at radius 2 is 1.88 bits per heavy atom. The molecule has 3 aromatic rings. The Hall–Kier alpha value is -2.81. The van der Waals surface area contributed by atoms with Gasteiger partial charge in [0.15, 0.2) is 0 Å². The smallest absolute Gasteiger partial charge is 0.261 e. The maximum atomic E-state index is 13.7. The zero-order valence-corrected chi connectivity index (χ0v) is 13.2. The van der Waals surface area contributed by atoms with E-state index in [2.05, 4.69) is 20.8 Å². The van der Waals surface area contributed by atoms with Gasteiger partial charge in [-0.25, -0.2) is 8.78 Å². The van der Waals surface area contributed by atoms with Gasteiger partial charge in [-0.1, -0.05) is 23.9 Å². The van der Waals surface area contributed by atoms with Gasteiger partial charge < -0.3 is 5.32 Å². The Morgan fingerprint density at radius 3 is 2.58 bits per heavy atom. The van der Waals surface area contributed by atoms with Gasteiger partial charge in [-0.05, 0) is 47.0 Å². The molecule has 0 saturated carbocycles. The van der Waals surface area contributed by atoms with Crippen molar-refractivity contribution < 1.29 is 13.6 Å². The number of hydrogen-bond acceptors (Lipinski definition) is 5. The van der Waals surface area contributed by atoms with E-state index < -0.39 is 23.1 Å². The lowest BCUT2D eigenvalue weighted by Crippen LogP contribution is -2.16. The molecule has 0 aliphatic carbocycles. The first-order chi connectivity index (χ1) is 11.6. The average molecular weight is 347 g/mol. The third kappa shape index (κ3) is 3.11. The van der Waals surface area contributed by atoms with Crippen LogP contribution in [0.5, 0.6) is 0 Å². The van der Waals surface area contributed by atoms with Gasteiger partial charge in [0.1, 0.15) is 17.2 Å². The van der Waals surface area contributed by atoms with Crippen LogP contribution in [0.1, 0.15) is 10.4 Å². The molecule has 1 amide bonds. The van der Waals surface area contributed by atoms with Crippen molar-refractivity contribution in [2.75, 3.05) is 11.6 Å². The maximum Gasteiger partial charge on any atom is 0.261 e. The van der Waals surface area contributed by atoms with E-state index in [1.165, 1.54) is 22.5 Å². The third-order valence-corrected chi connectivity index (χ3v) is 3.78. The molecule has 6 nitrogen and oxygen atoms in total. The number of carbonyl (C=O) groups excluding carboxylic acids is 1. The van der Waals surface area contributed by atoms with Gasteiger partial charge in [-0.3, -0.25) is 4.79 Å². The molecule has 0 radical (unpaired) electrons. The number of halogens is 2. The second-order valence-electron chi connectivity index (χ2n) is 4.68. The van der Waals surface area contributed by atoms with Gasteiger partial charge in [0, 0.05) is 5.69 Å². The molecule has 0 atom stereocenters. The fourth-order valence-electron chi connectivity index (χ4n) is 2.09. The van der Waals surface area contributed by atoms with Crippen molar-refractivity contribution >= 4 is 23.4 Å². The molecule has 122 valence electrons. The number of anilines is 1. The lowest BCUT2D eigenvalue weighted by atomic mass is 10.1. The first-order valence-electron chi connectivity index (χ1n) is 6.78. The molecule has 0 saturated heterocycles. The molecule has 1 heterocycles. The summed E-state index contributed by atoms with van der Waals surface area (Å²) in [5, 5.41) is 14.3. The van der Waals surface area contributed by atoms with Crippen LogP contribution < -0.4 is 5.32 Å². The highest BCUT2D eigenvalue weighted by Gasteiger charge is 2.17. The Kier molecular flexibility index (Phi) is 4.52. The van der Waals surface area contributed by atoms with Crippen molar-refractivity contribution in [1.82, 2.24) is 20.2 Å². The van der Waals surface area contributed by atoms with Crippen LogP contribution >= 0.6 is 11.8 Å². The van der Waals surface area contributed by atoms with Gasteiger partial charge in [-0.2, -0.15) is 4.68 Å². The molecule has 2 aromatic carbocycles. The topological polar surface area (TPSA) is 72.7 Å². The average Bonchev–Trinajstić information content (AvgIpc) is 3.03. The third-order valence-electron chi connectivity index (χ3n) is 3.16. The van der Waals surface area contributed by atoms with Crippen LogP contribution in [-0.4, -0.2) is 32.4 Å². The number of amides is 1. The SMILES string of the molecule is CSc1nnnn1-c1cccc(NC(=O)c2c(F)cccc2F)c1. The monoisotopic (exact) mass is 347 g/mol. The quantitative estimate of drug-likeness (QED) is 0.735. The minimum absolute atomic E-state index is 0.364. The van der Waals surface area contributed by atoms with Crippen molar-refractivity contribution in [3.05, 3.63) is 59.7 Å². The molecule has 0 spiro atoms. The van der Waals surface area contributed by atoms with E-state index >= 15 is 0 Å². The summed E-state index contributed by atoms with van der Waals surface area (Å²) in [4.78, 5) is 12.1. The lowest BCUT2D eigenvalue weighted by Gasteiger charge is -2.09. The van der Waals surface area contributed by atoms with Crippen molar-refractivity contribution in [3.8, 4) is 5.69 Å². The number of aromatic nitrogens is 4. The molecule has 1 aromatic heterocycles. The molecule has 0 unspecified atom stereocenters. The highest BCUT2D eigenvalue weighted by atomic mass is 32.2. The minimum Gasteiger partial charge on any atom is -0.322 e. The fourth-order valence-corrected chi connectivity index (χ4v) is 2.53. The van der Waals surface area contributed by atoms with Gasteiger partial charge in [-0.15, -0.1) is 5.10 Å². The van der Waals surface area contributed by atoms with Crippen LogP contribution in [0, 0.1) is 11.6 Å². The number of thioether (sulfide) groups is 1. The van der Waals surface area contributed by atoms with Crippen LogP contribution in [0.25, 0.3) is 5.69 Å². The Bertz CT molecular complexity index is 879. The van der Waals surface area contributed by atoms with E-state index in [0.717, 1.165) is 12.1 Å². The number of nitrogens with one attached hydrogen (secondary N) is 1. The maximum absolute atomic E-state index is 13.7. The van der Waals surface area contributed by atoms with Crippen molar-refractivity contribution in [3.63, 3.8) is 0 Å². The molecule has 9 heteroatoms. The summed E-state index contributed by atoms with van der Waals surface area (Å²) >= 11 is 1.36. The van der Waals surface area contributed by atoms with Gasteiger partial charge in [0.2, 0.25) is 5.16 Å². The van der Waals surface area contributed by atoms with Gasteiger partial charge >= 0.3 is 0 Å². The molecular formula is C15H11F2N5OS. The largest absolute Gasteiger partial charge is 0.322 e. The minimum atomic E-state index is -0.922. The summed E-state index contributed by atoms with van der Waals surface area (Å²) < 4.78 is 28.8. The Morgan fingerprint density at radius 1 is 1.17 bits per heavy atom. The zero-order valence-electron chi connectivity index (χ0n) is 12.4. The number of benzene rings is 2. The van der Waals surface area contributed by atoms with Crippen molar-refractivity contribution in [1.29, 1.82) is 0 Å². The number of hydrogen-bond donors (Lipinski definition) is 1. The Labute approximate surface area is 139 Å². The fraction of sp³-hybridized carbons (Fsp3) is 0.0667. The van der Waals surface area contributed by atoms with Gasteiger partial charge in [0.05, 0.1) is 5.69 Å². The number of carbonyl (C=O) groups is 1. The van der Waals surface area contributed by atoms with Crippen molar-refractivity contribution in [2.24, 2.45) is 0 Å². The highest BCUT2D eigenvalue weighted by molar-refractivity contribution is 7.98. The van der Waals surface area contributed by atoms with E-state index in [0.29, 0.717) is 16.5 Å². The molecular weight excluding hydrogens is 336 g/mol. The van der Waals surface area contributed by atoms with Crippen LogP contribution in [0.4, 0.5) is 14.5 Å². The second kappa shape index (κ2) is 6.75. The standard InChI is InChI=1S/C15H11F2N5OS/c1-24-15-19-20-21-22(15)10-5-2-4-9(8-10)18-14(23)13-11(16)6-3-7-12(13)17/h2-8H,1H3,(H,18,23). The first-order valence-corrected chi connectivity index (χ1v) is 8.01. The molecule has 24 heavy (non-hydrogen) atoms. The second-order valence-corrected chi connectivity index (χ2v) is 5.45. The molecule has 0 aliphatic heterocycles. The van der Waals surface area contributed by atoms with Crippen LogP contribution in [0.15, 0.2) is 47.6 Å². The number of rotatable bonds is 4. The van der Waals surface area contributed by atoms with E-state index in [4.69, 9.17) is 0 Å². The lowest BCUT2D eigenvalue weighted by molar-refractivity contribution is 0.101. The highest BCUT2D eigenvalue weighted by Crippen LogP contribution is 2.20. The number of nitrogens with zero attached hydrogens (tertiary/aromatic N) is 4. The molecule has 3 rings (SSSR count). The normalized spacial score (nSPS) is 10.6. The van der Waals surface area contributed by atoms with Crippen LogP contribution in [0.3, 0.4) is 0 Å². The molecule has 1 N–H and O–H groups in total. The van der Waals surface area contributed by atoms with Crippen LogP contribution in [0.2, 0.25) is 0 Å². The van der Waals surface area contributed by atoms with E-state index in [1.54, 1.807) is 24.3 Å². The summed E-state index contributed by atoms with van der Waals surface area (Å²) in [5.74, 6) is -2.72. The van der Waals surface area contributed by atoms with E-state index in [9.17, 15) is 13.6 Å². The summed E-state index contributed by atoms with van der Waals surface area (Å²) in [6.45, 7) is 0.